The number of hydrogen-bond donors (Lipinski definition) is 0. The highest BCUT2D eigenvalue weighted by Gasteiger charge is 2.05. The van der Waals surface area contributed by atoms with Crippen molar-refractivity contribution in [3.8, 4) is 0 Å². The molecule has 0 fully saturated rings. The molecule has 1 aromatic heterocycles. The normalized spacial score (nSPS) is 14.5. The van der Waals surface area contributed by atoms with Crippen molar-refractivity contribution in [2.45, 2.75) is 6.67 Å². The van der Waals surface area contributed by atoms with E-state index in [2.05, 4.69) is 20.5 Å². The smallest absolute Gasteiger partial charge is 0.194 e. The fraction of sp³-hybridized carbons (Fsp3) is 0.333. The molecular formula is C3H3N5. The van der Waals surface area contributed by atoms with Crippen LogP contribution in [0.2, 0.25) is 0 Å². The largest absolute Gasteiger partial charge is 0.202 e. The van der Waals surface area contributed by atoms with Gasteiger partial charge in [0.15, 0.2) is 12.5 Å². The zero-order valence-corrected chi connectivity index (χ0v) is 4.02. The van der Waals surface area contributed by atoms with Gasteiger partial charge in [-0.1, -0.05) is 5.21 Å². The highest BCUT2D eigenvalue weighted by molar-refractivity contribution is 5.21. The first-order valence-corrected chi connectivity index (χ1v) is 2.23. The Morgan fingerprint density at radius 2 is 2.62 bits per heavy atom. The van der Waals surface area contributed by atoms with Gasteiger partial charge in [-0.15, -0.1) is 10.2 Å². The first kappa shape index (κ1) is 3.71. The average molecular weight is 109 g/mol. The van der Waals surface area contributed by atoms with Crippen molar-refractivity contribution in [3.63, 3.8) is 0 Å². The summed E-state index contributed by atoms with van der Waals surface area (Å²) in [5.74, 6) is 0.741. The van der Waals surface area contributed by atoms with Crippen LogP contribution in [0.1, 0.15) is 0 Å². The van der Waals surface area contributed by atoms with E-state index < -0.39 is 0 Å². The van der Waals surface area contributed by atoms with Gasteiger partial charge in [0.25, 0.3) is 0 Å². The summed E-state index contributed by atoms with van der Waals surface area (Å²) in [5, 5.41) is 14.7. The minimum Gasteiger partial charge on any atom is -0.202 e. The maximum Gasteiger partial charge on any atom is 0.194 e. The summed E-state index contributed by atoms with van der Waals surface area (Å²) in [6.45, 7) is 0.523. The van der Waals surface area contributed by atoms with E-state index in [9.17, 15) is 0 Å². The van der Waals surface area contributed by atoms with Crippen LogP contribution in [0.25, 0.3) is 0 Å². The van der Waals surface area contributed by atoms with Gasteiger partial charge in [-0.25, -0.2) is 4.68 Å². The first-order chi connectivity index (χ1) is 3.97. The summed E-state index contributed by atoms with van der Waals surface area (Å²) in [6.07, 6.45) is 1.58. The van der Waals surface area contributed by atoms with Crippen LogP contribution in [-0.4, -0.2) is 15.0 Å². The minimum absolute atomic E-state index is 0.523. The van der Waals surface area contributed by atoms with Gasteiger partial charge >= 0.3 is 0 Å². The summed E-state index contributed by atoms with van der Waals surface area (Å²) in [4.78, 5) is 0. The fourth-order valence-corrected chi connectivity index (χ4v) is 0.594. The monoisotopic (exact) mass is 109 g/mol. The molecule has 5 nitrogen and oxygen atoms in total. The van der Waals surface area contributed by atoms with Crippen LogP contribution in [0.15, 0.2) is 16.4 Å². The molecule has 0 saturated carbocycles. The Hall–Kier alpha value is -1.26. The van der Waals surface area contributed by atoms with E-state index in [4.69, 9.17) is 0 Å². The molecule has 0 unspecified atom stereocenters. The molecular weight excluding hydrogens is 106 g/mol. The van der Waals surface area contributed by atoms with Gasteiger partial charge < -0.3 is 0 Å². The minimum atomic E-state index is 0.523. The Balaban J connectivity index is 2.67. The summed E-state index contributed by atoms with van der Waals surface area (Å²) in [6, 6.07) is 0. The van der Waals surface area contributed by atoms with Gasteiger partial charge in [0, 0.05) is 0 Å². The molecule has 2 rings (SSSR count). The molecule has 0 radical (unpaired) electrons. The van der Waals surface area contributed by atoms with Crippen LogP contribution >= 0.6 is 0 Å². The number of nitrogens with zero attached hydrogens (tertiary/aromatic N) is 5. The zero-order chi connectivity index (χ0) is 5.40. The molecule has 1 aliphatic rings. The molecule has 2 heterocycles. The van der Waals surface area contributed by atoms with Crippen LogP contribution in [0.4, 0.5) is 5.82 Å². The third-order valence-corrected chi connectivity index (χ3v) is 0.968. The van der Waals surface area contributed by atoms with Gasteiger partial charge in [0.2, 0.25) is 0 Å². The predicted molar refractivity (Wildman–Crippen MR) is 24.5 cm³/mol. The molecule has 0 aliphatic carbocycles. The quantitative estimate of drug-likeness (QED) is 0.482. The van der Waals surface area contributed by atoms with E-state index in [0.717, 1.165) is 5.82 Å². The fourth-order valence-electron chi connectivity index (χ4n) is 0.594. The highest BCUT2D eigenvalue weighted by Crippen LogP contribution is 2.14. The standard InChI is InChI=1S/C3H3N5/c1-3-6-5-2-8(3)7-4-1/h1H,2H2. The summed E-state index contributed by atoms with van der Waals surface area (Å²) < 4.78 is 1.62. The number of fused-ring (bicyclic) bond motifs is 1. The number of rotatable bonds is 0. The molecule has 8 heavy (non-hydrogen) atoms. The van der Waals surface area contributed by atoms with Crippen LogP contribution < -0.4 is 0 Å². The Bertz CT molecular complexity index is 223. The summed E-state index contributed by atoms with van der Waals surface area (Å²) >= 11 is 0. The number of hydrogen-bond acceptors (Lipinski definition) is 4. The Morgan fingerprint density at radius 3 is 3.50 bits per heavy atom. The van der Waals surface area contributed by atoms with E-state index in [1.165, 1.54) is 0 Å². The van der Waals surface area contributed by atoms with Crippen molar-refractivity contribution in [1.82, 2.24) is 15.0 Å². The Labute approximate surface area is 45.0 Å². The zero-order valence-electron chi connectivity index (χ0n) is 4.02. The van der Waals surface area contributed by atoms with Crippen molar-refractivity contribution in [3.05, 3.63) is 6.20 Å². The third kappa shape index (κ3) is 0.305. The van der Waals surface area contributed by atoms with E-state index in [-0.39, 0.29) is 0 Å². The van der Waals surface area contributed by atoms with Gasteiger partial charge in [0.05, 0.1) is 6.20 Å². The van der Waals surface area contributed by atoms with Gasteiger partial charge in [-0.2, -0.15) is 5.11 Å². The first-order valence-electron chi connectivity index (χ1n) is 2.23. The lowest BCUT2D eigenvalue weighted by Gasteiger charge is -1.80. The average Bonchev–Trinajstić information content (AvgIpc) is 2.15. The molecule has 0 amide bonds. The maximum absolute atomic E-state index is 3.72. The molecule has 0 bridgehead atoms. The molecule has 0 saturated heterocycles. The number of azo groups is 1. The Kier molecular flexibility index (Phi) is 0.518. The maximum atomic E-state index is 3.72. The molecule has 0 atom stereocenters. The Morgan fingerprint density at radius 1 is 1.62 bits per heavy atom. The lowest BCUT2D eigenvalue weighted by molar-refractivity contribution is 0.638. The van der Waals surface area contributed by atoms with E-state index in [1.807, 2.05) is 0 Å². The highest BCUT2D eigenvalue weighted by atomic mass is 15.5. The van der Waals surface area contributed by atoms with Crippen molar-refractivity contribution in [1.29, 1.82) is 0 Å². The topological polar surface area (TPSA) is 55.4 Å². The molecule has 1 aromatic rings. The molecule has 5 heteroatoms. The molecule has 0 N–H and O–H groups in total. The second-order valence-electron chi connectivity index (χ2n) is 1.47. The lowest BCUT2D eigenvalue weighted by atomic mass is 10.8. The van der Waals surface area contributed by atoms with Crippen LogP contribution in [-0.2, 0) is 6.67 Å². The molecule has 40 valence electrons. The van der Waals surface area contributed by atoms with Crippen LogP contribution in [0, 0.1) is 0 Å². The number of aromatic nitrogens is 3. The lowest BCUT2D eigenvalue weighted by Crippen LogP contribution is -1.91. The molecule has 1 aliphatic heterocycles. The van der Waals surface area contributed by atoms with Gasteiger partial charge in [-0.05, 0) is 0 Å². The van der Waals surface area contributed by atoms with Crippen LogP contribution in [0.5, 0.6) is 0 Å². The summed E-state index contributed by atoms with van der Waals surface area (Å²) in [5.41, 5.74) is 0. The second-order valence-corrected chi connectivity index (χ2v) is 1.47. The van der Waals surface area contributed by atoms with Gasteiger partial charge in [0.1, 0.15) is 0 Å². The van der Waals surface area contributed by atoms with Gasteiger partial charge in [-0.3, -0.25) is 0 Å². The molecule has 0 aromatic carbocycles. The van der Waals surface area contributed by atoms with Crippen molar-refractivity contribution in [2.24, 2.45) is 10.2 Å². The third-order valence-electron chi connectivity index (χ3n) is 0.968. The summed E-state index contributed by atoms with van der Waals surface area (Å²) in [7, 11) is 0. The van der Waals surface area contributed by atoms with E-state index in [1.54, 1.807) is 10.9 Å². The van der Waals surface area contributed by atoms with E-state index >= 15 is 0 Å². The predicted octanol–water partition coefficient (Wildman–Crippen LogP) is 0.333. The van der Waals surface area contributed by atoms with Crippen molar-refractivity contribution >= 4 is 5.82 Å². The second kappa shape index (κ2) is 1.12. The van der Waals surface area contributed by atoms with Crippen molar-refractivity contribution < 1.29 is 0 Å². The SMILES string of the molecule is c1nnn2c1N=NC2. The van der Waals surface area contributed by atoms with E-state index in [0.29, 0.717) is 6.67 Å². The van der Waals surface area contributed by atoms with Crippen LogP contribution in [0.3, 0.4) is 0 Å². The van der Waals surface area contributed by atoms with Crippen molar-refractivity contribution in [2.75, 3.05) is 0 Å². The molecule has 0 spiro atoms.